The third kappa shape index (κ3) is 13.5. The fourth-order valence-corrected chi connectivity index (χ4v) is 2.94. The topological polar surface area (TPSA) is 150 Å². The highest BCUT2D eigenvalue weighted by atomic mass is 16.4. The zero-order valence-electron chi connectivity index (χ0n) is 18.3. The zero-order chi connectivity index (χ0) is 23.7. The molecule has 2 N–H and O–H groups in total. The number of piperidine rings is 1. The van der Waals surface area contributed by atoms with Crippen LogP contribution in [0, 0.1) is 6.92 Å². The molecular weight excluding hydrogens is 400 g/mol. The van der Waals surface area contributed by atoms with Crippen molar-refractivity contribution in [2.24, 2.45) is 5.73 Å². The molecule has 1 radical (unpaired) electrons. The third-order valence-corrected chi connectivity index (χ3v) is 4.92. The maximum Gasteiger partial charge on any atom is 0.0870 e. The van der Waals surface area contributed by atoms with E-state index < -0.39 is 23.4 Å². The molecule has 0 aromatic heterocycles. The van der Waals surface area contributed by atoms with Gasteiger partial charge in [-0.15, -0.1) is 0 Å². The lowest BCUT2D eigenvalue weighted by Crippen LogP contribution is -2.60. The van der Waals surface area contributed by atoms with E-state index in [1.165, 1.54) is 37.7 Å². The van der Waals surface area contributed by atoms with Gasteiger partial charge in [0.1, 0.15) is 0 Å². The standard InChI is InChI=1S/C13H18N2O2.C8H17.C2H2O4/c14-13(12(16)17)6-8-15(9-7-13)10-11-4-2-1-3-5-11;1-3-5-7-8-6-4-2;3-1(4)2(5)6/h1-5H,6-10,14H2,(H,16,17);1,3-8H2,2H3;(H,3,4)(H,5,6)/p-3. The second-order valence-corrected chi connectivity index (χ2v) is 7.55. The number of benzene rings is 1. The van der Waals surface area contributed by atoms with E-state index in [1.54, 1.807) is 0 Å². The van der Waals surface area contributed by atoms with Gasteiger partial charge >= 0.3 is 0 Å². The number of likely N-dealkylation sites (tertiary alicyclic amines) is 1. The Balaban J connectivity index is 0.000000537. The number of nitrogens with zero attached hydrogens (tertiary/aromatic N) is 1. The van der Waals surface area contributed by atoms with Gasteiger partial charge in [-0.05, 0) is 18.4 Å². The first-order valence-electron chi connectivity index (χ1n) is 10.6. The highest BCUT2D eigenvalue weighted by molar-refractivity contribution is 6.25. The average Bonchev–Trinajstić information content (AvgIpc) is 2.74. The summed E-state index contributed by atoms with van der Waals surface area (Å²) in [6, 6.07) is 10.1. The van der Waals surface area contributed by atoms with E-state index in [9.17, 15) is 9.90 Å². The molecule has 0 atom stereocenters. The number of aliphatic carboxylic acids is 3. The second-order valence-electron chi connectivity index (χ2n) is 7.55. The van der Waals surface area contributed by atoms with Crippen LogP contribution in [0.25, 0.3) is 0 Å². The van der Waals surface area contributed by atoms with Crippen molar-refractivity contribution >= 4 is 17.9 Å². The molecule has 0 bridgehead atoms. The van der Waals surface area contributed by atoms with Gasteiger partial charge in [-0.1, -0.05) is 82.7 Å². The van der Waals surface area contributed by atoms with E-state index in [1.807, 2.05) is 18.2 Å². The van der Waals surface area contributed by atoms with Crippen LogP contribution < -0.4 is 21.1 Å². The Morgan fingerprint density at radius 3 is 1.90 bits per heavy atom. The lowest BCUT2D eigenvalue weighted by atomic mass is 9.88. The summed E-state index contributed by atoms with van der Waals surface area (Å²) in [7, 11) is 0. The molecule has 2 rings (SSSR count). The molecule has 1 aliphatic rings. The second kappa shape index (κ2) is 16.3. The fraction of sp³-hybridized carbons (Fsp3) is 0.565. The van der Waals surface area contributed by atoms with Crippen molar-refractivity contribution in [3.05, 3.63) is 42.8 Å². The highest BCUT2D eigenvalue weighted by Crippen LogP contribution is 2.20. The molecule has 175 valence electrons. The smallest absolute Gasteiger partial charge is 0.0870 e. The lowest BCUT2D eigenvalue weighted by Gasteiger charge is -2.39. The Kier molecular flexibility index (Phi) is 15.0. The first-order valence-corrected chi connectivity index (χ1v) is 10.6. The van der Waals surface area contributed by atoms with Gasteiger partial charge in [-0.2, -0.15) is 0 Å². The van der Waals surface area contributed by atoms with Crippen molar-refractivity contribution in [2.45, 2.75) is 70.4 Å². The summed E-state index contributed by atoms with van der Waals surface area (Å²) in [5.41, 5.74) is 5.88. The summed E-state index contributed by atoms with van der Waals surface area (Å²) >= 11 is 0. The minimum Gasteiger partial charge on any atom is -0.548 e. The SMILES string of the molecule is NC1(C(=O)[O-])CCN(Cc2ccccc2)CC1.O=C([O-])C(=O)[O-].[CH2]CCCCCCC. The monoisotopic (exact) mass is 434 g/mol. The normalized spacial score (nSPS) is 14.9. The van der Waals surface area contributed by atoms with Crippen molar-refractivity contribution in [3.8, 4) is 0 Å². The summed E-state index contributed by atoms with van der Waals surface area (Å²) in [5.74, 6) is -5.50. The van der Waals surface area contributed by atoms with Gasteiger partial charge in [0.2, 0.25) is 0 Å². The van der Waals surface area contributed by atoms with Gasteiger partial charge in [-0.3, -0.25) is 4.90 Å². The van der Waals surface area contributed by atoms with Gasteiger partial charge < -0.3 is 35.4 Å². The van der Waals surface area contributed by atoms with E-state index in [0.717, 1.165) is 13.0 Å². The highest BCUT2D eigenvalue weighted by Gasteiger charge is 2.31. The summed E-state index contributed by atoms with van der Waals surface area (Å²) in [4.78, 5) is 31.0. The third-order valence-electron chi connectivity index (χ3n) is 4.92. The Labute approximate surface area is 185 Å². The van der Waals surface area contributed by atoms with E-state index in [2.05, 4.69) is 30.9 Å². The molecule has 0 spiro atoms. The van der Waals surface area contributed by atoms with Gasteiger partial charge in [0.05, 0.1) is 23.4 Å². The van der Waals surface area contributed by atoms with E-state index in [0.29, 0.717) is 25.9 Å². The van der Waals surface area contributed by atoms with Crippen LogP contribution in [0.5, 0.6) is 0 Å². The largest absolute Gasteiger partial charge is 0.548 e. The molecular formula is C23H34N2O6-3. The number of hydrogen-bond donors (Lipinski definition) is 1. The molecule has 1 aromatic carbocycles. The van der Waals surface area contributed by atoms with Gasteiger partial charge in [-0.25, -0.2) is 0 Å². The number of hydrogen-bond acceptors (Lipinski definition) is 8. The van der Waals surface area contributed by atoms with Crippen molar-refractivity contribution in [2.75, 3.05) is 13.1 Å². The number of carboxylic acid groups (broad SMARTS) is 3. The predicted octanol–water partition coefficient (Wildman–Crippen LogP) is -0.603. The van der Waals surface area contributed by atoms with Crippen LogP contribution in [0.4, 0.5) is 0 Å². The van der Waals surface area contributed by atoms with Crippen LogP contribution in [-0.4, -0.2) is 41.4 Å². The molecule has 1 saturated heterocycles. The van der Waals surface area contributed by atoms with Crippen molar-refractivity contribution in [3.63, 3.8) is 0 Å². The Hall–Kier alpha value is -2.45. The molecule has 8 nitrogen and oxygen atoms in total. The molecule has 0 saturated carbocycles. The van der Waals surface area contributed by atoms with E-state index >= 15 is 0 Å². The molecule has 1 aliphatic heterocycles. The van der Waals surface area contributed by atoms with Crippen LogP contribution in [0.1, 0.15) is 63.9 Å². The summed E-state index contributed by atoms with van der Waals surface area (Å²) < 4.78 is 0. The molecule has 0 unspecified atom stereocenters. The molecule has 1 aromatic rings. The zero-order valence-corrected chi connectivity index (χ0v) is 18.3. The van der Waals surface area contributed by atoms with E-state index in [4.69, 9.17) is 25.5 Å². The lowest BCUT2D eigenvalue weighted by molar-refractivity contribution is -0.345. The minimum absolute atomic E-state index is 0.460. The Morgan fingerprint density at radius 2 is 1.48 bits per heavy atom. The van der Waals surface area contributed by atoms with Crippen molar-refractivity contribution in [1.82, 2.24) is 4.90 Å². The van der Waals surface area contributed by atoms with Crippen LogP contribution in [0.3, 0.4) is 0 Å². The maximum atomic E-state index is 10.9. The number of nitrogens with two attached hydrogens (primary N) is 1. The maximum absolute atomic E-state index is 10.9. The number of unbranched alkanes of at least 4 members (excludes halogenated alkanes) is 5. The van der Waals surface area contributed by atoms with Gasteiger partial charge in [0.15, 0.2) is 0 Å². The molecule has 31 heavy (non-hydrogen) atoms. The van der Waals surface area contributed by atoms with Gasteiger partial charge in [0.25, 0.3) is 0 Å². The number of carbonyl (C=O) groups is 3. The Morgan fingerprint density at radius 1 is 0.968 bits per heavy atom. The molecule has 1 fully saturated rings. The van der Waals surface area contributed by atoms with E-state index in [-0.39, 0.29) is 0 Å². The summed E-state index contributed by atoms with van der Waals surface area (Å²) in [5, 5.41) is 28.7. The molecule has 8 heteroatoms. The van der Waals surface area contributed by atoms with Crippen LogP contribution >= 0.6 is 0 Å². The summed E-state index contributed by atoms with van der Waals surface area (Å²) in [6.45, 7) is 8.29. The van der Waals surface area contributed by atoms with Crippen LogP contribution in [0.2, 0.25) is 0 Å². The molecule has 0 amide bonds. The quantitative estimate of drug-likeness (QED) is 0.421. The van der Waals surface area contributed by atoms with Crippen LogP contribution in [0.15, 0.2) is 30.3 Å². The number of rotatable bonds is 8. The number of carbonyl (C=O) groups excluding carboxylic acids is 3. The average molecular weight is 435 g/mol. The van der Waals surface area contributed by atoms with Crippen molar-refractivity contribution < 1.29 is 29.7 Å². The number of carboxylic acids is 3. The van der Waals surface area contributed by atoms with Crippen molar-refractivity contribution in [1.29, 1.82) is 0 Å². The first kappa shape index (κ1) is 28.5. The molecule has 0 aliphatic carbocycles. The first-order chi connectivity index (χ1) is 14.7. The summed E-state index contributed by atoms with van der Waals surface area (Å²) in [6.07, 6.45) is 8.90. The van der Waals surface area contributed by atoms with Gasteiger partial charge in [0, 0.05) is 19.6 Å². The Bertz CT molecular complexity index is 625. The van der Waals surface area contributed by atoms with Crippen LogP contribution in [-0.2, 0) is 20.9 Å². The fourth-order valence-electron chi connectivity index (χ4n) is 2.94. The minimum atomic E-state index is -2.19. The predicted molar refractivity (Wildman–Crippen MR) is 112 cm³/mol. The molecule has 1 heterocycles.